The van der Waals surface area contributed by atoms with Crippen LogP contribution in [0.5, 0.6) is 11.5 Å². The Morgan fingerprint density at radius 3 is 2.56 bits per heavy atom. The minimum absolute atomic E-state index is 0.0883. The van der Waals surface area contributed by atoms with Crippen LogP contribution in [-0.4, -0.2) is 59.8 Å². The van der Waals surface area contributed by atoms with Crippen molar-refractivity contribution in [3.63, 3.8) is 0 Å². The number of benzene rings is 2. The number of rotatable bonds is 9. The monoisotopic (exact) mass is 567 g/mol. The van der Waals surface area contributed by atoms with Gasteiger partial charge in [0.15, 0.2) is 0 Å². The highest BCUT2D eigenvalue weighted by Gasteiger charge is 2.54. The summed E-state index contributed by atoms with van der Waals surface area (Å²) in [6.07, 6.45) is 7.26. The number of aromatic hydroxyl groups is 1. The second kappa shape index (κ2) is 14.0. The van der Waals surface area contributed by atoms with Crippen LogP contribution < -0.4 is 10.1 Å². The summed E-state index contributed by atoms with van der Waals surface area (Å²) in [6.45, 7) is 7.13. The van der Waals surface area contributed by atoms with Crippen LogP contribution in [0.25, 0.3) is 0 Å². The third-order valence-corrected chi connectivity index (χ3v) is 9.63. The Morgan fingerprint density at radius 1 is 1.10 bits per heavy atom. The summed E-state index contributed by atoms with van der Waals surface area (Å²) in [5, 5.41) is 32.9. The van der Waals surface area contributed by atoms with Crippen molar-refractivity contribution < 1.29 is 29.6 Å². The average Bonchev–Trinajstić information content (AvgIpc) is 3.28. The number of nitrogens with one attached hydrogen (secondary N) is 1. The lowest BCUT2D eigenvalue weighted by atomic mass is 9.55. The van der Waals surface area contributed by atoms with Gasteiger partial charge in [0, 0.05) is 19.0 Å². The summed E-state index contributed by atoms with van der Waals surface area (Å²) in [5.74, 6) is 2.99. The van der Waals surface area contributed by atoms with E-state index in [1.807, 2.05) is 50.2 Å². The fourth-order valence-electron chi connectivity index (χ4n) is 7.27. The van der Waals surface area contributed by atoms with Crippen molar-refractivity contribution in [1.29, 1.82) is 0 Å². The minimum Gasteiger partial charge on any atom is -0.508 e. The molecule has 7 heteroatoms. The minimum atomic E-state index is -0.536. The molecule has 41 heavy (non-hydrogen) atoms. The second-order valence-corrected chi connectivity index (χ2v) is 12.7. The van der Waals surface area contributed by atoms with Gasteiger partial charge in [0.2, 0.25) is 0 Å². The van der Waals surface area contributed by atoms with Crippen molar-refractivity contribution in [1.82, 2.24) is 5.32 Å². The highest BCUT2D eigenvalue weighted by atomic mass is 16.5. The first-order chi connectivity index (χ1) is 19.6. The van der Waals surface area contributed by atoms with Gasteiger partial charge < -0.3 is 30.1 Å². The third-order valence-electron chi connectivity index (χ3n) is 9.63. The van der Waals surface area contributed by atoms with E-state index in [1.165, 1.54) is 37.5 Å². The molecule has 0 heterocycles. The van der Waals surface area contributed by atoms with Crippen LogP contribution in [0, 0.1) is 17.3 Å². The van der Waals surface area contributed by atoms with E-state index in [2.05, 4.69) is 23.0 Å². The number of carbonyl (C=O) groups excluding carboxylic acids is 1. The van der Waals surface area contributed by atoms with Crippen LogP contribution in [0.4, 0.5) is 0 Å². The predicted molar refractivity (Wildman–Crippen MR) is 160 cm³/mol. The molecule has 2 saturated carbocycles. The van der Waals surface area contributed by atoms with E-state index in [4.69, 9.17) is 4.74 Å². The third kappa shape index (κ3) is 7.82. The molecule has 2 aromatic rings. The van der Waals surface area contributed by atoms with Crippen molar-refractivity contribution in [2.75, 3.05) is 20.3 Å². The smallest absolute Gasteiger partial charge is 0.305 e. The maximum atomic E-state index is 11.1. The summed E-state index contributed by atoms with van der Waals surface area (Å²) in [7, 11) is 1.39. The standard InChI is InChI=1S/C18H24O2.C16H25NO4/c1-18-9-8-14-13-5-3-12(19)10-11(13)2-4-15(14)16(18)6-7-17(18)20;1-12(2)17-10-14(18)11-21-15-7-4-13(5-8-15)6-9-16(19)20-3/h3,5,10,14-17,19-20H,2,4,6-9H2,1H3;4-5,7-8,12,14,17-18H,6,9-11H2,1-3H3/t14-,15-,16+,17+,18+;/m1./s1. The summed E-state index contributed by atoms with van der Waals surface area (Å²) < 4.78 is 10.1. The molecule has 7 nitrogen and oxygen atoms in total. The normalized spacial score (nSPS) is 27.1. The molecule has 3 aliphatic carbocycles. The van der Waals surface area contributed by atoms with E-state index in [-0.39, 0.29) is 24.1 Å². The number of aryl methyl sites for hydroxylation is 2. The maximum absolute atomic E-state index is 11.1. The van der Waals surface area contributed by atoms with E-state index in [1.54, 1.807) is 0 Å². The fraction of sp³-hybridized carbons (Fsp3) is 0.618. The fourth-order valence-corrected chi connectivity index (χ4v) is 7.27. The Hall–Kier alpha value is -2.61. The molecule has 2 aromatic carbocycles. The van der Waals surface area contributed by atoms with Crippen LogP contribution in [0.3, 0.4) is 0 Å². The van der Waals surface area contributed by atoms with Gasteiger partial charge in [0.1, 0.15) is 24.2 Å². The summed E-state index contributed by atoms with van der Waals surface area (Å²) in [6, 6.07) is 13.8. The van der Waals surface area contributed by atoms with Gasteiger partial charge in [-0.15, -0.1) is 0 Å². The molecule has 5 rings (SSSR count). The zero-order chi connectivity index (χ0) is 29.6. The topological polar surface area (TPSA) is 108 Å². The number of fused-ring (bicyclic) bond motifs is 5. The lowest BCUT2D eigenvalue weighted by molar-refractivity contribution is -0.140. The molecule has 0 amide bonds. The molecule has 1 unspecified atom stereocenters. The lowest BCUT2D eigenvalue weighted by Crippen LogP contribution is -2.43. The van der Waals surface area contributed by atoms with Gasteiger partial charge in [0.05, 0.1) is 13.2 Å². The van der Waals surface area contributed by atoms with Crippen LogP contribution in [-0.2, 0) is 22.4 Å². The zero-order valence-corrected chi connectivity index (χ0v) is 25.1. The van der Waals surface area contributed by atoms with Crippen LogP contribution >= 0.6 is 0 Å². The maximum Gasteiger partial charge on any atom is 0.305 e. The second-order valence-electron chi connectivity index (χ2n) is 12.7. The van der Waals surface area contributed by atoms with E-state index in [0.717, 1.165) is 30.7 Å². The van der Waals surface area contributed by atoms with Crippen LogP contribution in [0.1, 0.15) is 81.9 Å². The Bertz CT molecular complexity index is 1130. The number of methoxy groups -OCH3 is 1. The number of hydrogen-bond donors (Lipinski definition) is 4. The summed E-state index contributed by atoms with van der Waals surface area (Å²) in [4.78, 5) is 11.1. The number of carbonyl (C=O) groups is 1. The molecule has 4 N–H and O–H groups in total. The van der Waals surface area contributed by atoms with Crippen molar-refractivity contribution in [2.24, 2.45) is 17.3 Å². The molecule has 0 radical (unpaired) electrons. The molecule has 0 saturated heterocycles. The van der Waals surface area contributed by atoms with E-state index >= 15 is 0 Å². The largest absolute Gasteiger partial charge is 0.508 e. The number of phenols is 1. The number of phenolic OH excluding ortho intramolecular Hbond substituents is 1. The zero-order valence-electron chi connectivity index (χ0n) is 25.1. The Labute approximate surface area is 245 Å². The molecular weight excluding hydrogens is 518 g/mol. The predicted octanol–water partition coefficient (Wildman–Crippen LogP) is 5.14. The molecule has 2 fully saturated rings. The number of aliphatic hydroxyl groups is 2. The van der Waals surface area contributed by atoms with Gasteiger partial charge in [-0.2, -0.15) is 0 Å². The summed E-state index contributed by atoms with van der Waals surface area (Å²) in [5.41, 5.74) is 4.04. The van der Waals surface area contributed by atoms with Crippen molar-refractivity contribution in [2.45, 2.75) is 96.3 Å². The van der Waals surface area contributed by atoms with Crippen molar-refractivity contribution in [3.8, 4) is 11.5 Å². The SMILES string of the molecule is COC(=O)CCc1ccc(OCC(O)CNC(C)C)cc1.C[C@]12CC[C@@H]3c4ccc(O)cc4CC[C@H]3[C@@H]1CC[C@@H]2O. The van der Waals surface area contributed by atoms with E-state index in [0.29, 0.717) is 48.8 Å². The quantitative estimate of drug-likeness (QED) is 0.311. The molecule has 0 bridgehead atoms. The van der Waals surface area contributed by atoms with Crippen molar-refractivity contribution in [3.05, 3.63) is 59.2 Å². The van der Waals surface area contributed by atoms with Crippen molar-refractivity contribution >= 4 is 5.97 Å². The number of esters is 1. The first-order valence-electron chi connectivity index (χ1n) is 15.3. The molecule has 0 aliphatic heterocycles. The number of ether oxygens (including phenoxy) is 2. The molecule has 226 valence electrons. The van der Waals surface area contributed by atoms with E-state index < -0.39 is 6.10 Å². The first-order valence-corrected chi connectivity index (χ1v) is 15.3. The molecule has 0 aromatic heterocycles. The number of hydrogen-bond acceptors (Lipinski definition) is 7. The molecule has 3 aliphatic rings. The highest BCUT2D eigenvalue weighted by molar-refractivity contribution is 5.69. The molecule has 6 atom stereocenters. The van der Waals surface area contributed by atoms with Gasteiger partial charge in [-0.1, -0.05) is 39.0 Å². The summed E-state index contributed by atoms with van der Waals surface area (Å²) >= 11 is 0. The Balaban J connectivity index is 0.000000189. The lowest BCUT2D eigenvalue weighted by Gasteiger charge is -2.50. The van der Waals surface area contributed by atoms with Gasteiger partial charge in [-0.3, -0.25) is 4.79 Å². The number of aliphatic hydroxyl groups excluding tert-OH is 2. The highest BCUT2D eigenvalue weighted by Crippen LogP contribution is 2.60. The molecule has 0 spiro atoms. The van der Waals surface area contributed by atoms with Crippen LogP contribution in [0.2, 0.25) is 0 Å². The Morgan fingerprint density at radius 2 is 1.85 bits per heavy atom. The van der Waals surface area contributed by atoms with Gasteiger partial charge in [-0.25, -0.2) is 0 Å². The van der Waals surface area contributed by atoms with E-state index in [9.17, 15) is 20.1 Å². The van der Waals surface area contributed by atoms with Crippen LogP contribution in [0.15, 0.2) is 42.5 Å². The first kappa shape index (κ1) is 31.3. The van der Waals surface area contributed by atoms with Gasteiger partial charge in [0.25, 0.3) is 0 Å². The van der Waals surface area contributed by atoms with Gasteiger partial charge >= 0.3 is 5.97 Å². The molecular formula is C34H49NO6. The average molecular weight is 568 g/mol. The van der Waals surface area contributed by atoms with Gasteiger partial charge in [-0.05, 0) is 109 Å². The Kier molecular flexibility index (Phi) is 10.7.